The van der Waals surface area contributed by atoms with Gasteiger partial charge in [0, 0.05) is 0 Å². The molecule has 0 heteroatoms. The van der Waals surface area contributed by atoms with Crippen molar-refractivity contribution in [3.63, 3.8) is 0 Å². The molecule has 0 saturated carbocycles. The highest BCUT2D eigenvalue weighted by molar-refractivity contribution is 4.86. The van der Waals surface area contributed by atoms with Crippen LogP contribution >= 0.6 is 0 Å². The Morgan fingerprint density at radius 3 is 2.06 bits per heavy atom. The van der Waals surface area contributed by atoms with E-state index in [1.165, 1.54) is 38.5 Å². The number of rotatable bonds is 10. The second-order valence-corrected chi connectivity index (χ2v) is 7.20. The Bertz CT molecular complexity index is 192. The second-order valence-electron chi connectivity index (χ2n) is 7.20. The molecular weight excluding hydrogens is 216 g/mol. The smallest absolute Gasteiger partial charge is 0.0323 e. The first-order valence-corrected chi connectivity index (χ1v) is 8.16. The SMILES string of the molecule is CCC(C)C[CH]C(C)(C)CCCC(C)C(C)CC. The van der Waals surface area contributed by atoms with Crippen LogP contribution in [0.1, 0.15) is 87.0 Å². The Hall–Kier alpha value is 0. The monoisotopic (exact) mass is 253 g/mol. The topological polar surface area (TPSA) is 0 Å². The molecule has 1 radical (unpaired) electrons. The molecule has 0 N–H and O–H groups in total. The van der Waals surface area contributed by atoms with Gasteiger partial charge in [-0.05, 0) is 42.4 Å². The molecule has 0 aliphatic carbocycles. The summed E-state index contributed by atoms with van der Waals surface area (Å²) in [5, 5.41) is 0. The summed E-state index contributed by atoms with van der Waals surface area (Å²) in [6.07, 6.45) is 10.6. The van der Waals surface area contributed by atoms with Crippen molar-refractivity contribution >= 4 is 0 Å². The normalized spacial score (nSPS) is 17.5. The van der Waals surface area contributed by atoms with E-state index in [1.807, 2.05) is 0 Å². The molecule has 0 bridgehead atoms. The largest absolute Gasteiger partial charge is 0.0651 e. The number of hydrogen-bond acceptors (Lipinski definition) is 0. The lowest BCUT2D eigenvalue weighted by atomic mass is 9.79. The van der Waals surface area contributed by atoms with Crippen LogP contribution in [0.4, 0.5) is 0 Å². The molecule has 0 rings (SSSR count). The summed E-state index contributed by atoms with van der Waals surface area (Å²) in [6.45, 7) is 16.6. The molecule has 0 aromatic rings. The van der Waals surface area contributed by atoms with Crippen molar-refractivity contribution in [3.05, 3.63) is 6.42 Å². The standard InChI is InChI=1S/C18H37/c1-8-15(3)12-14-18(6,7)13-10-11-17(5)16(4)9-2/h14-17H,8-13H2,1-7H3. The van der Waals surface area contributed by atoms with E-state index in [0.29, 0.717) is 5.41 Å². The number of hydrogen-bond donors (Lipinski definition) is 0. The molecule has 0 amide bonds. The second kappa shape index (κ2) is 8.99. The summed E-state index contributed by atoms with van der Waals surface area (Å²) < 4.78 is 0. The van der Waals surface area contributed by atoms with Gasteiger partial charge >= 0.3 is 0 Å². The van der Waals surface area contributed by atoms with Crippen molar-refractivity contribution in [2.24, 2.45) is 23.2 Å². The fraction of sp³-hybridized carbons (Fsp3) is 0.944. The first-order chi connectivity index (χ1) is 8.32. The summed E-state index contributed by atoms with van der Waals surface area (Å²) in [4.78, 5) is 0. The van der Waals surface area contributed by atoms with Gasteiger partial charge in [-0.1, -0.05) is 74.1 Å². The Morgan fingerprint density at radius 2 is 1.56 bits per heavy atom. The summed E-state index contributed by atoms with van der Waals surface area (Å²) in [6, 6.07) is 0. The van der Waals surface area contributed by atoms with Gasteiger partial charge in [0.05, 0.1) is 0 Å². The van der Waals surface area contributed by atoms with Gasteiger partial charge < -0.3 is 0 Å². The van der Waals surface area contributed by atoms with E-state index < -0.39 is 0 Å². The molecule has 0 saturated heterocycles. The maximum atomic E-state index is 2.56. The molecule has 18 heavy (non-hydrogen) atoms. The van der Waals surface area contributed by atoms with Gasteiger partial charge in [0.1, 0.15) is 0 Å². The zero-order valence-corrected chi connectivity index (χ0v) is 14.1. The van der Waals surface area contributed by atoms with E-state index >= 15 is 0 Å². The maximum absolute atomic E-state index is 2.56. The molecule has 3 unspecified atom stereocenters. The minimum Gasteiger partial charge on any atom is -0.0651 e. The van der Waals surface area contributed by atoms with Crippen LogP contribution < -0.4 is 0 Å². The molecule has 0 fully saturated rings. The predicted octanol–water partition coefficient (Wildman–Crippen LogP) is 6.51. The Kier molecular flexibility index (Phi) is 8.99. The minimum absolute atomic E-state index is 0.429. The summed E-state index contributed by atoms with van der Waals surface area (Å²) in [5.74, 6) is 2.63. The van der Waals surface area contributed by atoms with Crippen LogP contribution in [0.25, 0.3) is 0 Å². The van der Waals surface area contributed by atoms with Gasteiger partial charge in [-0.25, -0.2) is 0 Å². The fourth-order valence-electron chi connectivity index (χ4n) is 2.36. The third-order valence-corrected chi connectivity index (χ3v) is 4.87. The van der Waals surface area contributed by atoms with Gasteiger partial charge in [0.15, 0.2) is 0 Å². The Morgan fingerprint density at radius 1 is 0.944 bits per heavy atom. The highest BCUT2D eigenvalue weighted by atomic mass is 14.2. The molecule has 0 aromatic carbocycles. The van der Waals surface area contributed by atoms with Crippen molar-refractivity contribution < 1.29 is 0 Å². The molecule has 0 aliphatic rings. The van der Waals surface area contributed by atoms with Gasteiger partial charge in [-0.3, -0.25) is 0 Å². The highest BCUT2D eigenvalue weighted by Gasteiger charge is 2.19. The van der Waals surface area contributed by atoms with E-state index in [1.54, 1.807) is 0 Å². The molecule has 3 atom stereocenters. The average Bonchev–Trinajstić information content (AvgIpc) is 2.34. The predicted molar refractivity (Wildman–Crippen MR) is 84.6 cm³/mol. The molecule has 0 aliphatic heterocycles. The van der Waals surface area contributed by atoms with Crippen LogP contribution in [0.5, 0.6) is 0 Å². The van der Waals surface area contributed by atoms with Gasteiger partial charge in [0.2, 0.25) is 0 Å². The van der Waals surface area contributed by atoms with E-state index in [4.69, 9.17) is 0 Å². The molecule has 109 valence electrons. The summed E-state index contributed by atoms with van der Waals surface area (Å²) >= 11 is 0. The van der Waals surface area contributed by atoms with Crippen molar-refractivity contribution in [2.45, 2.75) is 87.0 Å². The van der Waals surface area contributed by atoms with Crippen LogP contribution in [0.3, 0.4) is 0 Å². The first kappa shape index (κ1) is 18.0. The third-order valence-electron chi connectivity index (χ3n) is 4.87. The van der Waals surface area contributed by atoms with Crippen LogP contribution in [-0.2, 0) is 0 Å². The zero-order chi connectivity index (χ0) is 14.2. The Balaban J connectivity index is 3.82. The van der Waals surface area contributed by atoms with Crippen molar-refractivity contribution in [2.75, 3.05) is 0 Å². The van der Waals surface area contributed by atoms with E-state index in [0.717, 1.165) is 17.8 Å². The first-order valence-electron chi connectivity index (χ1n) is 8.16. The molecular formula is C18H37. The minimum atomic E-state index is 0.429. The van der Waals surface area contributed by atoms with E-state index in [2.05, 4.69) is 54.9 Å². The van der Waals surface area contributed by atoms with Crippen molar-refractivity contribution in [1.82, 2.24) is 0 Å². The van der Waals surface area contributed by atoms with E-state index in [9.17, 15) is 0 Å². The van der Waals surface area contributed by atoms with Gasteiger partial charge in [0.25, 0.3) is 0 Å². The molecule has 0 heterocycles. The van der Waals surface area contributed by atoms with Crippen LogP contribution in [-0.4, -0.2) is 0 Å². The van der Waals surface area contributed by atoms with Gasteiger partial charge in [-0.15, -0.1) is 0 Å². The molecule has 0 aromatic heterocycles. The lowest BCUT2D eigenvalue weighted by molar-refractivity contribution is 0.301. The molecule has 0 spiro atoms. The Labute approximate surface area is 117 Å². The lowest BCUT2D eigenvalue weighted by Crippen LogP contribution is -2.15. The lowest BCUT2D eigenvalue weighted by Gasteiger charge is -2.27. The summed E-state index contributed by atoms with van der Waals surface area (Å²) in [5.41, 5.74) is 0.429. The van der Waals surface area contributed by atoms with Crippen LogP contribution in [0, 0.1) is 29.6 Å². The highest BCUT2D eigenvalue weighted by Crippen LogP contribution is 2.32. The summed E-state index contributed by atoms with van der Waals surface area (Å²) in [7, 11) is 0. The van der Waals surface area contributed by atoms with Crippen LogP contribution in [0.15, 0.2) is 0 Å². The van der Waals surface area contributed by atoms with E-state index in [-0.39, 0.29) is 0 Å². The van der Waals surface area contributed by atoms with Crippen molar-refractivity contribution in [1.29, 1.82) is 0 Å². The fourth-order valence-corrected chi connectivity index (χ4v) is 2.36. The zero-order valence-electron chi connectivity index (χ0n) is 14.1. The average molecular weight is 253 g/mol. The quantitative estimate of drug-likeness (QED) is 0.416. The van der Waals surface area contributed by atoms with Gasteiger partial charge in [-0.2, -0.15) is 0 Å². The maximum Gasteiger partial charge on any atom is -0.0323 e. The molecule has 0 nitrogen and oxygen atoms in total. The van der Waals surface area contributed by atoms with Crippen molar-refractivity contribution in [3.8, 4) is 0 Å². The van der Waals surface area contributed by atoms with Crippen LogP contribution in [0.2, 0.25) is 0 Å². The third kappa shape index (κ3) is 8.16.